The molecule has 1 aliphatic carbocycles. The fourth-order valence-electron chi connectivity index (χ4n) is 3.39. The van der Waals surface area contributed by atoms with Gasteiger partial charge in [-0.3, -0.25) is 14.6 Å². The molecule has 0 unspecified atom stereocenters. The monoisotopic (exact) mass is 315 g/mol. The summed E-state index contributed by atoms with van der Waals surface area (Å²) in [4.78, 5) is 16.8. The number of amides is 1. The van der Waals surface area contributed by atoms with Crippen LogP contribution in [0.5, 0.6) is 0 Å². The summed E-state index contributed by atoms with van der Waals surface area (Å²) in [5.74, 6) is 0.579. The summed E-state index contributed by atoms with van der Waals surface area (Å²) in [7, 11) is 0. The molecule has 1 saturated carbocycles. The number of hydrogen-bond acceptors (Lipinski definition) is 3. The second kappa shape index (κ2) is 7.93. The predicted octanol–water partition coefficient (Wildman–Crippen LogP) is 2.03. The van der Waals surface area contributed by atoms with Crippen LogP contribution >= 0.6 is 0 Å². The van der Waals surface area contributed by atoms with Gasteiger partial charge in [0.25, 0.3) is 0 Å². The van der Waals surface area contributed by atoms with Crippen molar-refractivity contribution in [1.29, 1.82) is 0 Å². The Morgan fingerprint density at radius 2 is 1.91 bits per heavy atom. The number of carbonyl (C=O) groups is 1. The SMILES string of the molecule is Cc1cccc(CN2CCN(CCNC(=O)C3CCC3)CC2)c1. The molecule has 1 amide bonds. The summed E-state index contributed by atoms with van der Waals surface area (Å²) in [6.07, 6.45) is 3.40. The van der Waals surface area contributed by atoms with E-state index >= 15 is 0 Å². The summed E-state index contributed by atoms with van der Waals surface area (Å²) >= 11 is 0. The highest BCUT2D eigenvalue weighted by Gasteiger charge is 2.25. The lowest BCUT2D eigenvalue weighted by Gasteiger charge is -2.35. The van der Waals surface area contributed by atoms with Crippen molar-refractivity contribution in [3.63, 3.8) is 0 Å². The first-order chi connectivity index (χ1) is 11.2. The highest BCUT2D eigenvalue weighted by molar-refractivity contribution is 5.79. The van der Waals surface area contributed by atoms with Crippen molar-refractivity contribution in [2.75, 3.05) is 39.3 Å². The van der Waals surface area contributed by atoms with Crippen LogP contribution in [0.1, 0.15) is 30.4 Å². The minimum atomic E-state index is 0.273. The standard InChI is InChI=1S/C19H29N3O/c1-16-4-2-5-17(14-16)15-22-12-10-21(11-13-22)9-8-20-19(23)18-6-3-7-18/h2,4-5,14,18H,3,6-13,15H2,1H3,(H,20,23). The third kappa shape index (κ3) is 4.79. The molecule has 1 N–H and O–H groups in total. The summed E-state index contributed by atoms with van der Waals surface area (Å²) < 4.78 is 0. The Hall–Kier alpha value is -1.39. The Morgan fingerprint density at radius 1 is 1.17 bits per heavy atom. The predicted molar refractivity (Wildman–Crippen MR) is 93.2 cm³/mol. The van der Waals surface area contributed by atoms with Crippen molar-refractivity contribution in [2.45, 2.75) is 32.7 Å². The van der Waals surface area contributed by atoms with E-state index in [1.54, 1.807) is 0 Å². The highest BCUT2D eigenvalue weighted by Crippen LogP contribution is 2.26. The number of hydrogen-bond donors (Lipinski definition) is 1. The molecule has 1 saturated heterocycles. The van der Waals surface area contributed by atoms with E-state index in [9.17, 15) is 4.79 Å². The van der Waals surface area contributed by atoms with Crippen LogP contribution in [0.25, 0.3) is 0 Å². The van der Waals surface area contributed by atoms with Gasteiger partial charge in [0.15, 0.2) is 0 Å². The summed E-state index contributed by atoms with van der Waals surface area (Å²) in [6.45, 7) is 9.42. The molecular formula is C19H29N3O. The zero-order valence-corrected chi connectivity index (χ0v) is 14.3. The molecule has 1 aromatic carbocycles. The quantitative estimate of drug-likeness (QED) is 0.872. The van der Waals surface area contributed by atoms with Gasteiger partial charge in [-0.15, -0.1) is 0 Å². The molecule has 4 nitrogen and oxygen atoms in total. The second-order valence-corrected chi connectivity index (χ2v) is 7.03. The van der Waals surface area contributed by atoms with Crippen LogP contribution in [0.4, 0.5) is 0 Å². The van der Waals surface area contributed by atoms with Crippen LogP contribution in [0.15, 0.2) is 24.3 Å². The first-order valence-corrected chi connectivity index (χ1v) is 8.99. The van der Waals surface area contributed by atoms with Gasteiger partial charge >= 0.3 is 0 Å². The Morgan fingerprint density at radius 3 is 2.57 bits per heavy atom. The van der Waals surface area contributed by atoms with E-state index in [0.717, 1.165) is 58.7 Å². The van der Waals surface area contributed by atoms with E-state index in [1.807, 2.05) is 0 Å². The molecule has 0 atom stereocenters. The van der Waals surface area contributed by atoms with Crippen molar-refractivity contribution in [3.8, 4) is 0 Å². The number of benzene rings is 1. The van der Waals surface area contributed by atoms with Gasteiger partial charge in [0.1, 0.15) is 0 Å². The number of piperazine rings is 1. The first kappa shape index (κ1) is 16.5. The Labute approximate surface area is 139 Å². The van der Waals surface area contributed by atoms with Gasteiger partial charge in [-0.2, -0.15) is 0 Å². The van der Waals surface area contributed by atoms with Gasteiger partial charge in [0, 0.05) is 51.7 Å². The van der Waals surface area contributed by atoms with E-state index in [0.29, 0.717) is 5.92 Å². The van der Waals surface area contributed by atoms with E-state index in [1.165, 1.54) is 17.5 Å². The van der Waals surface area contributed by atoms with Crippen molar-refractivity contribution in [3.05, 3.63) is 35.4 Å². The average molecular weight is 315 g/mol. The average Bonchev–Trinajstić information content (AvgIpc) is 2.47. The lowest BCUT2D eigenvalue weighted by Crippen LogP contribution is -2.48. The highest BCUT2D eigenvalue weighted by atomic mass is 16.1. The second-order valence-electron chi connectivity index (χ2n) is 7.03. The van der Waals surface area contributed by atoms with Gasteiger partial charge in [-0.25, -0.2) is 0 Å². The fourth-order valence-corrected chi connectivity index (χ4v) is 3.39. The van der Waals surface area contributed by atoms with Crippen LogP contribution in [-0.4, -0.2) is 55.0 Å². The zero-order chi connectivity index (χ0) is 16.1. The Kier molecular flexibility index (Phi) is 5.68. The molecule has 0 radical (unpaired) electrons. The zero-order valence-electron chi connectivity index (χ0n) is 14.3. The molecular weight excluding hydrogens is 286 g/mol. The van der Waals surface area contributed by atoms with E-state index < -0.39 is 0 Å². The van der Waals surface area contributed by atoms with Crippen LogP contribution < -0.4 is 5.32 Å². The maximum atomic E-state index is 11.8. The van der Waals surface area contributed by atoms with Gasteiger partial charge in [0.05, 0.1) is 0 Å². The number of nitrogens with zero attached hydrogens (tertiary/aromatic N) is 2. The number of nitrogens with one attached hydrogen (secondary N) is 1. The molecule has 1 heterocycles. The molecule has 3 rings (SSSR count). The van der Waals surface area contributed by atoms with Gasteiger partial charge in [-0.1, -0.05) is 36.2 Å². The Bertz CT molecular complexity index is 519. The van der Waals surface area contributed by atoms with E-state index in [-0.39, 0.29) is 5.91 Å². The summed E-state index contributed by atoms with van der Waals surface area (Å²) in [5.41, 5.74) is 2.74. The molecule has 4 heteroatoms. The maximum absolute atomic E-state index is 11.8. The third-order valence-corrected chi connectivity index (χ3v) is 5.16. The van der Waals surface area contributed by atoms with Crippen molar-refractivity contribution in [1.82, 2.24) is 15.1 Å². The number of aryl methyl sites for hydroxylation is 1. The molecule has 0 aromatic heterocycles. The molecule has 23 heavy (non-hydrogen) atoms. The summed E-state index contributed by atoms with van der Waals surface area (Å²) in [5, 5.41) is 3.09. The van der Waals surface area contributed by atoms with E-state index in [2.05, 4.69) is 46.3 Å². The smallest absolute Gasteiger partial charge is 0.223 e. The van der Waals surface area contributed by atoms with Crippen molar-refractivity contribution in [2.24, 2.45) is 5.92 Å². The van der Waals surface area contributed by atoms with Crippen molar-refractivity contribution < 1.29 is 4.79 Å². The minimum absolute atomic E-state index is 0.273. The Balaban J connectivity index is 1.33. The van der Waals surface area contributed by atoms with Gasteiger partial charge < -0.3 is 5.32 Å². The first-order valence-electron chi connectivity index (χ1n) is 8.99. The fraction of sp³-hybridized carbons (Fsp3) is 0.632. The van der Waals surface area contributed by atoms with Crippen LogP contribution in [0.2, 0.25) is 0 Å². The van der Waals surface area contributed by atoms with Crippen LogP contribution in [-0.2, 0) is 11.3 Å². The van der Waals surface area contributed by atoms with Gasteiger partial charge in [0.2, 0.25) is 5.91 Å². The van der Waals surface area contributed by atoms with Gasteiger partial charge in [-0.05, 0) is 25.3 Å². The molecule has 1 aromatic rings. The molecule has 0 bridgehead atoms. The molecule has 2 fully saturated rings. The summed E-state index contributed by atoms with van der Waals surface area (Å²) in [6, 6.07) is 8.79. The molecule has 2 aliphatic rings. The topological polar surface area (TPSA) is 35.6 Å². The number of rotatable bonds is 6. The molecule has 1 aliphatic heterocycles. The normalized spacial score (nSPS) is 20.2. The lowest BCUT2D eigenvalue weighted by atomic mass is 9.85. The van der Waals surface area contributed by atoms with E-state index in [4.69, 9.17) is 0 Å². The number of carbonyl (C=O) groups excluding carboxylic acids is 1. The third-order valence-electron chi connectivity index (χ3n) is 5.16. The van der Waals surface area contributed by atoms with Crippen LogP contribution in [0.3, 0.4) is 0 Å². The largest absolute Gasteiger partial charge is 0.355 e. The van der Waals surface area contributed by atoms with Crippen LogP contribution in [0, 0.1) is 12.8 Å². The minimum Gasteiger partial charge on any atom is -0.355 e. The lowest BCUT2D eigenvalue weighted by molar-refractivity contribution is -0.127. The maximum Gasteiger partial charge on any atom is 0.223 e. The van der Waals surface area contributed by atoms with Crippen molar-refractivity contribution >= 4 is 5.91 Å². The molecule has 126 valence electrons. The molecule has 0 spiro atoms.